The highest BCUT2D eigenvalue weighted by atomic mass is 16.5. The summed E-state index contributed by atoms with van der Waals surface area (Å²) in [5, 5.41) is 12.3. The van der Waals surface area contributed by atoms with E-state index in [-0.39, 0.29) is 0 Å². The molecular formula is C14H19N3O. The molecule has 0 aliphatic carbocycles. The maximum atomic E-state index is 8.92. The normalized spacial score (nSPS) is 19.4. The third-order valence-corrected chi connectivity index (χ3v) is 3.23. The van der Waals surface area contributed by atoms with E-state index in [0.29, 0.717) is 18.3 Å². The molecule has 1 N–H and O–H groups in total. The number of nitrogens with one attached hydrogen (secondary N) is 1. The van der Waals surface area contributed by atoms with Crippen LogP contribution in [0.4, 0.5) is 0 Å². The molecule has 18 heavy (non-hydrogen) atoms. The summed E-state index contributed by atoms with van der Waals surface area (Å²) in [5.74, 6) is 0. The van der Waals surface area contributed by atoms with Crippen molar-refractivity contribution in [2.24, 2.45) is 0 Å². The van der Waals surface area contributed by atoms with E-state index in [9.17, 15) is 0 Å². The Balaban J connectivity index is 1.70. The van der Waals surface area contributed by atoms with E-state index in [1.54, 1.807) is 6.20 Å². The van der Waals surface area contributed by atoms with Gasteiger partial charge in [0.05, 0.1) is 6.10 Å². The van der Waals surface area contributed by atoms with Crippen molar-refractivity contribution < 1.29 is 4.74 Å². The van der Waals surface area contributed by atoms with Gasteiger partial charge in [-0.2, -0.15) is 5.26 Å². The highest BCUT2D eigenvalue weighted by molar-refractivity contribution is 5.30. The van der Waals surface area contributed by atoms with Crippen molar-refractivity contribution in [3.8, 4) is 6.07 Å². The van der Waals surface area contributed by atoms with E-state index >= 15 is 0 Å². The Kier molecular flexibility index (Phi) is 5.13. The lowest BCUT2D eigenvalue weighted by Crippen LogP contribution is -2.25. The van der Waals surface area contributed by atoms with Gasteiger partial charge >= 0.3 is 0 Å². The Labute approximate surface area is 108 Å². The maximum Gasteiger partial charge on any atom is 0.144 e. The van der Waals surface area contributed by atoms with Gasteiger partial charge in [0.2, 0.25) is 0 Å². The second-order valence-electron chi connectivity index (χ2n) is 4.58. The molecule has 0 saturated carbocycles. The van der Waals surface area contributed by atoms with Crippen LogP contribution in [0.25, 0.3) is 0 Å². The molecule has 1 aromatic heterocycles. The second kappa shape index (κ2) is 7.10. The number of ether oxygens (including phenoxy) is 1. The van der Waals surface area contributed by atoms with Crippen molar-refractivity contribution in [1.82, 2.24) is 10.3 Å². The average Bonchev–Trinajstić information content (AvgIpc) is 2.45. The van der Waals surface area contributed by atoms with Crippen LogP contribution in [-0.4, -0.2) is 24.2 Å². The lowest BCUT2D eigenvalue weighted by atomic mass is 10.1. The quantitative estimate of drug-likeness (QED) is 0.806. The van der Waals surface area contributed by atoms with Crippen LogP contribution in [0.3, 0.4) is 0 Å². The van der Waals surface area contributed by atoms with Gasteiger partial charge in [0.25, 0.3) is 0 Å². The van der Waals surface area contributed by atoms with Crippen LogP contribution in [0.5, 0.6) is 0 Å². The van der Waals surface area contributed by atoms with Crippen LogP contribution < -0.4 is 5.32 Å². The fraction of sp³-hybridized carbons (Fsp3) is 0.571. The van der Waals surface area contributed by atoms with Gasteiger partial charge in [0, 0.05) is 24.9 Å². The summed E-state index contributed by atoms with van der Waals surface area (Å²) in [6, 6.07) is 5.91. The Bertz CT molecular complexity index is 408. The summed E-state index contributed by atoms with van der Waals surface area (Å²) in [6.07, 6.45) is 6.77. The minimum atomic E-state index is 0.413. The minimum absolute atomic E-state index is 0.413. The molecule has 1 aliphatic rings. The van der Waals surface area contributed by atoms with E-state index in [1.165, 1.54) is 19.3 Å². The summed E-state index contributed by atoms with van der Waals surface area (Å²) in [6.45, 7) is 2.53. The van der Waals surface area contributed by atoms with Gasteiger partial charge < -0.3 is 10.1 Å². The monoisotopic (exact) mass is 245 g/mol. The molecule has 4 nitrogen and oxygen atoms in total. The van der Waals surface area contributed by atoms with E-state index in [2.05, 4.69) is 16.4 Å². The zero-order chi connectivity index (χ0) is 12.6. The Morgan fingerprint density at radius 3 is 3.22 bits per heavy atom. The molecule has 1 saturated heterocycles. The first kappa shape index (κ1) is 13.0. The van der Waals surface area contributed by atoms with Crippen LogP contribution in [0, 0.1) is 11.3 Å². The first-order valence-electron chi connectivity index (χ1n) is 6.56. The molecule has 0 amide bonds. The van der Waals surface area contributed by atoms with Crippen LogP contribution in [-0.2, 0) is 11.3 Å². The van der Waals surface area contributed by atoms with Crippen molar-refractivity contribution in [3.05, 3.63) is 29.6 Å². The van der Waals surface area contributed by atoms with E-state index < -0.39 is 0 Å². The standard InChI is InChI=1S/C14H19N3O/c15-10-14-12(4-3-7-17-14)11-16-8-6-13-5-1-2-9-18-13/h3-4,7,13,16H,1-2,5-6,8-9,11H2. The SMILES string of the molecule is N#Cc1ncccc1CNCCC1CCCCO1. The van der Waals surface area contributed by atoms with Crippen molar-refractivity contribution >= 4 is 0 Å². The molecule has 4 heteroatoms. The summed E-state index contributed by atoms with van der Waals surface area (Å²) >= 11 is 0. The molecule has 96 valence electrons. The summed E-state index contributed by atoms with van der Waals surface area (Å²) in [7, 11) is 0. The van der Waals surface area contributed by atoms with Gasteiger partial charge in [-0.3, -0.25) is 0 Å². The fourth-order valence-corrected chi connectivity index (χ4v) is 2.20. The first-order chi connectivity index (χ1) is 8.90. The topological polar surface area (TPSA) is 57.9 Å². The van der Waals surface area contributed by atoms with Crippen molar-refractivity contribution in [3.63, 3.8) is 0 Å². The van der Waals surface area contributed by atoms with Crippen LogP contribution in [0.2, 0.25) is 0 Å². The number of nitriles is 1. The lowest BCUT2D eigenvalue weighted by Gasteiger charge is -2.22. The molecule has 1 aromatic rings. The first-order valence-corrected chi connectivity index (χ1v) is 6.56. The smallest absolute Gasteiger partial charge is 0.144 e. The van der Waals surface area contributed by atoms with Crippen molar-refractivity contribution in [2.75, 3.05) is 13.2 Å². The lowest BCUT2D eigenvalue weighted by molar-refractivity contribution is 0.0115. The average molecular weight is 245 g/mol. The molecule has 1 aliphatic heterocycles. The zero-order valence-electron chi connectivity index (χ0n) is 10.6. The Hall–Kier alpha value is -1.44. The van der Waals surface area contributed by atoms with Crippen LogP contribution in [0.15, 0.2) is 18.3 Å². The Morgan fingerprint density at radius 1 is 1.50 bits per heavy atom. The van der Waals surface area contributed by atoms with E-state index in [4.69, 9.17) is 10.00 Å². The zero-order valence-corrected chi connectivity index (χ0v) is 10.6. The van der Waals surface area contributed by atoms with Gasteiger partial charge in [0.1, 0.15) is 11.8 Å². The molecule has 0 radical (unpaired) electrons. The van der Waals surface area contributed by atoms with Crippen molar-refractivity contribution in [1.29, 1.82) is 5.26 Å². The maximum absolute atomic E-state index is 8.92. The molecule has 0 spiro atoms. The minimum Gasteiger partial charge on any atom is -0.378 e. The highest BCUT2D eigenvalue weighted by Gasteiger charge is 2.12. The molecule has 1 unspecified atom stereocenters. The predicted octanol–water partition coefficient (Wildman–Crippen LogP) is 2.00. The van der Waals surface area contributed by atoms with Crippen molar-refractivity contribution in [2.45, 2.75) is 38.3 Å². The van der Waals surface area contributed by atoms with Crippen LogP contribution in [0.1, 0.15) is 36.9 Å². The van der Waals surface area contributed by atoms with Gasteiger partial charge in [0.15, 0.2) is 0 Å². The fourth-order valence-electron chi connectivity index (χ4n) is 2.20. The number of nitrogens with zero attached hydrogens (tertiary/aromatic N) is 2. The highest BCUT2D eigenvalue weighted by Crippen LogP contribution is 2.14. The van der Waals surface area contributed by atoms with Gasteiger partial charge in [-0.05, 0) is 38.3 Å². The van der Waals surface area contributed by atoms with Gasteiger partial charge in [-0.25, -0.2) is 4.98 Å². The largest absolute Gasteiger partial charge is 0.378 e. The molecule has 0 aromatic carbocycles. The van der Waals surface area contributed by atoms with E-state index in [0.717, 1.165) is 25.1 Å². The van der Waals surface area contributed by atoms with Crippen LogP contribution >= 0.6 is 0 Å². The second-order valence-corrected chi connectivity index (χ2v) is 4.58. The number of aromatic nitrogens is 1. The van der Waals surface area contributed by atoms with Gasteiger partial charge in [-0.15, -0.1) is 0 Å². The molecule has 2 heterocycles. The predicted molar refractivity (Wildman–Crippen MR) is 68.9 cm³/mol. The molecule has 2 rings (SSSR count). The molecule has 1 fully saturated rings. The van der Waals surface area contributed by atoms with E-state index in [1.807, 2.05) is 12.1 Å². The summed E-state index contributed by atoms with van der Waals surface area (Å²) in [5.41, 5.74) is 1.48. The third-order valence-electron chi connectivity index (χ3n) is 3.23. The third kappa shape index (κ3) is 3.80. The number of hydrogen-bond donors (Lipinski definition) is 1. The summed E-state index contributed by atoms with van der Waals surface area (Å²) in [4.78, 5) is 4.04. The molecule has 1 atom stereocenters. The van der Waals surface area contributed by atoms with Gasteiger partial charge in [-0.1, -0.05) is 6.07 Å². The number of hydrogen-bond acceptors (Lipinski definition) is 4. The summed E-state index contributed by atoms with van der Waals surface area (Å²) < 4.78 is 5.67. The molecular weight excluding hydrogens is 226 g/mol. The number of pyridine rings is 1. The number of rotatable bonds is 5. The molecule has 0 bridgehead atoms. The Morgan fingerprint density at radius 2 is 2.44 bits per heavy atom.